The van der Waals surface area contributed by atoms with Crippen LogP contribution in [0.1, 0.15) is 5.56 Å². The van der Waals surface area contributed by atoms with Crippen molar-refractivity contribution < 1.29 is 9.47 Å². The Morgan fingerprint density at radius 1 is 1.50 bits per heavy atom. The molecule has 1 heterocycles. The molecule has 1 saturated heterocycles. The molecule has 1 aromatic rings. The summed E-state index contributed by atoms with van der Waals surface area (Å²) in [5.41, 5.74) is 0.842. The average molecular weight is 190 g/mol. The highest BCUT2D eigenvalue weighted by molar-refractivity contribution is 5.34. The molecule has 0 amide bonds. The van der Waals surface area contributed by atoms with Crippen LogP contribution in [0.3, 0.4) is 0 Å². The second-order valence-electron chi connectivity index (χ2n) is 3.43. The van der Waals surface area contributed by atoms with Gasteiger partial charge in [0.25, 0.3) is 0 Å². The summed E-state index contributed by atoms with van der Waals surface area (Å²) >= 11 is 0. The molecule has 2 atom stereocenters. The fraction of sp³-hybridized carbons (Fsp3) is 0.333. The third kappa shape index (κ3) is 1.37. The lowest BCUT2D eigenvalue weighted by atomic mass is 9.96. The van der Waals surface area contributed by atoms with Crippen molar-refractivity contribution in [2.24, 2.45) is 0 Å². The third-order valence-electron chi connectivity index (χ3n) is 2.60. The van der Waals surface area contributed by atoms with Gasteiger partial charge in [-0.2, -0.15) is 0 Å². The minimum Gasteiger partial charge on any atom is -0.382 e. The van der Waals surface area contributed by atoms with Crippen LogP contribution < -0.4 is 0 Å². The summed E-state index contributed by atoms with van der Waals surface area (Å²) in [5, 5.41) is 0. The van der Waals surface area contributed by atoms with E-state index in [2.05, 4.69) is 18.7 Å². The summed E-state index contributed by atoms with van der Waals surface area (Å²) in [6.07, 6.45) is 1.97. The molecule has 1 aromatic carbocycles. The highest BCUT2D eigenvalue weighted by Crippen LogP contribution is 2.47. The molecule has 0 radical (unpaired) electrons. The topological polar surface area (TPSA) is 21.8 Å². The summed E-state index contributed by atoms with van der Waals surface area (Å²) in [7, 11) is 1.68. The zero-order valence-corrected chi connectivity index (χ0v) is 8.27. The van der Waals surface area contributed by atoms with Gasteiger partial charge in [-0.1, -0.05) is 43.0 Å². The van der Waals surface area contributed by atoms with E-state index in [1.165, 1.54) is 0 Å². The van der Waals surface area contributed by atoms with Gasteiger partial charge < -0.3 is 9.47 Å². The van der Waals surface area contributed by atoms with Crippen molar-refractivity contribution in [3.63, 3.8) is 0 Å². The predicted molar refractivity (Wildman–Crippen MR) is 55.1 cm³/mol. The largest absolute Gasteiger partial charge is 0.382 e. The molecule has 0 bridgehead atoms. The zero-order valence-electron chi connectivity index (χ0n) is 8.27. The maximum Gasteiger partial charge on any atom is 0.140 e. The summed E-state index contributed by atoms with van der Waals surface area (Å²) in [6, 6.07) is 10.1. The van der Waals surface area contributed by atoms with Gasteiger partial charge in [0.15, 0.2) is 0 Å². The molecule has 74 valence electrons. The van der Waals surface area contributed by atoms with Gasteiger partial charge in [-0.05, 0) is 5.56 Å². The van der Waals surface area contributed by atoms with Gasteiger partial charge >= 0.3 is 0 Å². The molecule has 1 fully saturated rings. The Hall–Kier alpha value is -1.12. The number of hydrogen-bond donors (Lipinski definition) is 0. The Labute approximate surface area is 84.2 Å². The first kappa shape index (κ1) is 9.44. The van der Waals surface area contributed by atoms with Crippen LogP contribution in [0.15, 0.2) is 43.0 Å². The van der Waals surface area contributed by atoms with Crippen LogP contribution in [0.2, 0.25) is 0 Å². The first-order chi connectivity index (χ1) is 6.83. The van der Waals surface area contributed by atoms with E-state index >= 15 is 0 Å². The molecule has 1 aliphatic heterocycles. The van der Waals surface area contributed by atoms with Crippen molar-refractivity contribution >= 4 is 0 Å². The second kappa shape index (κ2) is 3.56. The smallest absolute Gasteiger partial charge is 0.140 e. The molecule has 0 spiro atoms. The van der Waals surface area contributed by atoms with Gasteiger partial charge in [-0.3, -0.25) is 0 Å². The molecule has 0 aromatic heterocycles. The maximum atomic E-state index is 5.64. The average Bonchev–Trinajstić information content (AvgIpc) is 2.95. The van der Waals surface area contributed by atoms with Crippen LogP contribution in [0, 0.1) is 0 Å². The molecular weight excluding hydrogens is 176 g/mol. The van der Waals surface area contributed by atoms with Gasteiger partial charge in [-0.25, -0.2) is 0 Å². The van der Waals surface area contributed by atoms with Gasteiger partial charge in [0.2, 0.25) is 0 Å². The Kier molecular flexibility index (Phi) is 2.40. The van der Waals surface area contributed by atoms with Crippen molar-refractivity contribution in [2.75, 3.05) is 13.7 Å². The fourth-order valence-electron chi connectivity index (χ4n) is 1.76. The van der Waals surface area contributed by atoms with Crippen LogP contribution in [0.5, 0.6) is 0 Å². The Morgan fingerprint density at radius 3 is 2.79 bits per heavy atom. The Morgan fingerprint density at radius 2 is 2.21 bits per heavy atom. The molecule has 0 saturated carbocycles. The van der Waals surface area contributed by atoms with E-state index < -0.39 is 0 Å². The maximum absolute atomic E-state index is 5.64. The molecule has 0 N–H and O–H groups in total. The van der Waals surface area contributed by atoms with Gasteiger partial charge in [0, 0.05) is 7.11 Å². The minimum atomic E-state index is -0.308. The van der Waals surface area contributed by atoms with Crippen molar-refractivity contribution in [3.05, 3.63) is 48.6 Å². The van der Waals surface area contributed by atoms with Gasteiger partial charge in [0.05, 0.1) is 6.61 Å². The summed E-state index contributed by atoms with van der Waals surface area (Å²) in [6.45, 7) is 4.44. The Bertz CT molecular complexity index is 320. The normalized spacial score (nSPS) is 29.9. The third-order valence-corrected chi connectivity index (χ3v) is 2.60. The lowest BCUT2D eigenvalue weighted by molar-refractivity contribution is 0.171. The lowest BCUT2D eigenvalue weighted by Gasteiger charge is -2.07. The van der Waals surface area contributed by atoms with E-state index in [0.29, 0.717) is 6.61 Å². The number of methoxy groups -OCH3 is 1. The van der Waals surface area contributed by atoms with Crippen LogP contribution in [-0.4, -0.2) is 19.8 Å². The van der Waals surface area contributed by atoms with E-state index in [1.807, 2.05) is 24.3 Å². The van der Waals surface area contributed by atoms with E-state index in [1.54, 1.807) is 7.11 Å². The minimum absolute atomic E-state index is 0.118. The highest BCUT2D eigenvalue weighted by atomic mass is 16.6. The lowest BCUT2D eigenvalue weighted by Crippen LogP contribution is -2.12. The number of rotatable bonds is 4. The fourth-order valence-corrected chi connectivity index (χ4v) is 1.76. The van der Waals surface area contributed by atoms with Crippen LogP contribution in [-0.2, 0) is 15.1 Å². The number of hydrogen-bond acceptors (Lipinski definition) is 2. The van der Waals surface area contributed by atoms with Crippen molar-refractivity contribution in [1.82, 2.24) is 0 Å². The van der Waals surface area contributed by atoms with Gasteiger partial charge in [0.1, 0.15) is 11.7 Å². The molecule has 1 aliphatic rings. The molecular formula is C12H14O2. The molecule has 14 heavy (non-hydrogen) atoms. The summed E-state index contributed by atoms with van der Waals surface area (Å²) in [5.74, 6) is 0. The van der Waals surface area contributed by atoms with Crippen molar-refractivity contribution in [3.8, 4) is 0 Å². The summed E-state index contributed by atoms with van der Waals surface area (Å²) < 4.78 is 10.7. The van der Waals surface area contributed by atoms with E-state index in [0.717, 1.165) is 5.56 Å². The Balaban J connectivity index is 2.21. The van der Waals surface area contributed by atoms with Crippen LogP contribution in [0.25, 0.3) is 0 Å². The molecule has 2 rings (SSSR count). The van der Waals surface area contributed by atoms with Crippen molar-refractivity contribution in [1.29, 1.82) is 0 Å². The predicted octanol–water partition coefficient (Wildman–Crippen LogP) is 2.11. The monoisotopic (exact) mass is 190 g/mol. The molecule has 2 unspecified atom stereocenters. The van der Waals surface area contributed by atoms with Crippen LogP contribution in [0.4, 0.5) is 0 Å². The van der Waals surface area contributed by atoms with Gasteiger partial charge in [-0.15, -0.1) is 0 Å². The van der Waals surface area contributed by atoms with E-state index in [-0.39, 0.29) is 11.7 Å². The second-order valence-corrected chi connectivity index (χ2v) is 3.43. The zero-order chi connectivity index (χ0) is 10.0. The molecule has 2 heteroatoms. The number of ether oxygens (including phenoxy) is 2. The highest BCUT2D eigenvalue weighted by Gasteiger charge is 2.55. The first-order valence-electron chi connectivity index (χ1n) is 4.69. The molecule has 2 nitrogen and oxygen atoms in total. The molecule has 0 aliphatic carbocycles. The number of benzene rings is 1. The van der Waals surface area contributed by atoms with E-state index in [4.69, 9.17) is 9.47 Å². The van der Waals surface area contributed by atoms with E-state index in [9.17, 15) is 0 Å². The quantitative estimate of drug-likeness (QED) is 0.536. The van der Waals surface area contributed by atoms with Crippen molar-refractivity contribution in [2.45, 2.75) is 11.7 Å². The standard InChI is InChI=1S/C12H14O2/c1-3-12(11(14-12)9-13-2)10-7-5-4-6-8-10/h3-8,11H,1,9H2,2H3. The SMILES string of the molecule is C=CC1(c2ccccc2)OC1COC. The first-order valence-corrected chi connectivity index (χ1v) is 4.69. The van der Waals surface area contributed by atoms with Crippen LogP contribution >= 0.6 is 0 Å². The summed E-state index contributed by atoms with van der Waals surface area (Å²) in [4.78, 5) is 0. The number of epoxide rings is 1.